The van der Waals surface area contributed by atoms with Gasteiger partial charge in [-0.25, -0.2) is 4.79 Å². The lowest BCUT2D eigenvalue weighted by atomic mass is 9.99. The van der Waals surface area contributed by atoms with Gasteiger partial charge in [0.1, 0.15) is 23.7 Å². The highest BCUT2D eigenvalue weighted by molar-refractivity contribution is 5.91. The molecule has 0 fully saturated rings. The van der Waals surface area contributed by atoms with Crippen LogP contribution in [-0.4, -0.2) is 35.5 Å². The Morgan fingerprint density at radius 1 is 1.32 bits per heavy atom. The Labute approximate surface area is 112 Å². The van der Waals surface area contributed by atoms with Gasteiger partial charge < -0.3 is 19.7 Å². The van der Waals surface area contributed by atoms with Gasteiger partial charge in [0.2, 0.25) is 0 Å². The lowest BCUT2D eigenvalue weighted by Crippen LogP contribution is -2.34. The molecule has 0 unspecified atom stereocenters. The Morgan fingerprint density at radius 3 is 2.42 bits per heavy atom. The number of aromatic carboxylic acids is 1. The third-order valence-corrected chi connectivity index (χ3v) is 3.23. The topological polar surface area (TPSA) is 76.0 Å². The number of hydrogen-bond donors (Lipinski definition) is 2. The first-order chi connectivity index (χ1) is 8.95. The van der Waals surface area contributed by atoms with Gasteiger partial charge in [0, 0.05) is 6.07 Å². The molecule has 2 N–H and O–H groups in total. The number of methoxy groups -OCH3 is 1. The second-order valence-corrected chi connectivity index (χ2v) is 4.39. The maximum atomic E-state index is 11.1. The van der Waals surface area contributed by atoms with Gasteiger partial charge in [0.05, 0.1) is 12.7 Å². The predicted octanol–water partition coefficient (Wildman–Crippen LogP) is 2.32. The molecule has 0 spiro atoms. The van der Waals surface area contributed by atoms with Crippen LogP contribution in [0.2, 0.25) is 0 Å². The number of carbonyl (C=O) groups is 1. The van der Waals surface area contributed by atoms with Gasteiger partial charge in [-0.2, -0.15) is 0 Å². The molecule has 0 aliphatic carbocycles. The van der Waals surface area contributed by atoms with Gasteiger partial charge in [-0.1, -0.05) is 13.8 Å². The fourth-order valence-corrected chi connectivity index (χ4v) is 1.59. The second-order valence-electron chi connectivity index (χ2n) is 4.39. The van der Waals surface area contributed by atoms with Crippen molar-refractivity contribution in [2.24, 2.45) is 0 Å². The summed E-state index contributed by atoms with van der Waals surface area (Å²) in [6.07, 6.45) is 1.08. The number of rotatable bonds is 7. The zero-order chi connectivity index (χ0) is 14.5. The summed E-state index contributed by atoms with van der Waals surface area (Å²) < 4.78 is 10.5. The molecule has 106 valence electrons. The van der Waals surface area contributed by atoms with Crippen molar-refractivity contribution in [1.82, 2.24) is 0 Å². The van der Waals surface area contributed by atoms with Crippen LogP contribution in [0.15, 0.2) is 18.2 Å². The van der Waals surface area contributed by atoms with Crippen molar-refractivity contribution < 1.29 is 24.5 Å². The highest BCUT2D eigenvalue weighted by atomic mass is 16.5. The van der Waals surface area contributed by atoms with E-state index in [9.17, 15) is 9.90 Å². The molecule has 0 aliphatic heterocycles. The zero-order valence-corrected chi connectivity index (χ0v) is 11.5. The average Bonchev–Trinajstić information content (AvgIpc) is 2.44. The minimum Gasteiger partial charge on any atom is -0.497 e. The molecule has 0 aliphatic rings. The fraction of sp³-hybridized carbons (Fsp3) is 0.500. The van der Waals surface area contributed by atoms with E-state index in [1.165, 1.54) is 19.2 Å². The predicted molar refractivity (Wildman–Crippen MR) is 71.0 cm³/mol. The van der Waals surface area contributed by atoms with Gasteiger partial charge in [0.15, 0.2) is 0 Å². The van der Waals surface area contributed by atoms with Crippen LogP contribution >= 0.6 is 0 Å². The van der Waals surface area contributed by atoms with Crippen LogP contribution in [0, 0.1) is 0 Å². The summed E-state index contributed by atoms with van der Waals surface area (Å²) in [5.74, 6) is -0.363. The summed E-state index contributed by atoms with van der Waals surface area (Å²) in [5.41, 5.74) is -0.894. The molecule has 0 bridgehead atoms. The number of carboxylic acids is 1. The van der Waals surface area contributed by atoms with E-state index in [0.29, 0.717) is 18.6 Å². The number of carboxylic acid groups (broad SMARTS) is 1. The molecule has 0 amide bonds. The van der Waals surface area contributed by atoms with Gasteiger partial charge in [-0.3, -0.25) is 0 Å². The van der Waals surface area contributed by atoms with Crippen LogP contribution in [-0.2, 0) is 0 Å². The first kappa shape index (κ1) is 15.3. The summed E-state index contributed by atoms with van der Waals surface area (Å²) in [4.78, 5) is 11.1. The minimum absolute atomic E-state index is 0.0491. The zero-order valence-electron chi connectivity index (χ0n) is 11.5. The van der Waals surface area contributed by atoms with Gasteiger partial charge >= 0.3 is 5.97 Å². The highest BCUT2D eigenvalue weighted by Gasteiger charge is 2.24. The molecule has 5 heteroatoms. The average molecular weight is 268 g/mol. The Bertz CT molecular complexity index is 437. The number of hydrogen-bond acceptors (Lipinski definition) is 4. The third kappa shape index (κ3) is 3.86. The molecule has 1 aromatic carbocycles. The standard InChI is InChI=1S/C14H20O5/c1-4-14(17,5-2)9-19-12-8-10(18-3)6-7-11(12)13(15)16/h6-8,17H,4-5,9H2,1-3H3,(H,15,16). The molecule has 19 heavy (non-hydrogen) atoms. The van der Waals surface area contributed by atoms with Crippen molar-refractivity contribution in [3.05, 3.63) is 23.8 Å². The van der Waals surface area contributed by atoms with Crippen LogP contribution in [0.25, 0.3) is 0 Å². The summed E-state index contributed by atoms with van der Waals surface area (Å²) in [5, 5.41) is 19.2. The normalized spacial score (nSPS) is 11.2. The van der Waals surface area contributed by atoms with Crippen LogP contribution < -0.4 is 9.47 Å². The SMILES string of the molecule is CCC(O)(CC)COc1cc(OC)ccc1C(=O)O. The molecular weight excluding hydrogens is 248 g/mol. The molecule has 0 saturated heterocycles. The van der Waals surface area contributed by atoms with Crippen molar-refractivity contribution in [3.63, 3.8) is 0 Å². The van der Waals surface area contributed by atoms with Gasteiger partial charge in [-0.15, -0.1) is 0 Å². The second kappa shape index (κ2) is 6.43. The Morgan fingerprint density at radius 2 is 1.95 bits per heavy atom. The summed E-state index contributed by atoms with van der Waals surface area (Å²) in [6, 6.07) is 4.49. The molecule has 0 aromatic heterocycles. The monoisotopic (exact) mass is 268 g/mol. The summed E-state index contributed by atoms with van der Waals surface area (Å²) in [6.45, 7) is 3.76. The van der Waals surface area contributed by atoms with Crippen LogP contribution in [0.1, 0.15) is 37.0 Å². The molecule has 5 nitrogen and oxygen atoms in total. The first-order valence-corrected chi connectivity index (χ1v) is 6.22. The van der Waals surface area contributed by atoms with E-state index in [0.717, 1.165) is 0 Å². The van der Waals surface area contributed by atoms with E-state index in [2.05, 4.69) is 0 Å². The van der Waals surface area contributed by atoms with E-state index in [1.54, 1.807) is 6.07 Å². The maximum Gasteiger partial charge on any atom is 0.339 e. The Hall–Kier alpha value is -1.75. The van der Waals surface area contributed by atoms with Crippen LogP contribution in [0.3, 0.4) is 0 Å². The lowest BCUT2D eigenvalue weighted by molar-refractivity contribution is -0.0118. The minimum atomic E-state index is -1.07. The summed E-state index contributed by atoms with van der Waals surface area (Å²) >= 11 is 0. The number of aliphatic hydroxyl groups is 1. The van der Waals surface area contributed by atoms with E-state index in [1.807, 2.05) is 13.8 Å². The molecule has 0 saturated carbocycles. The van der Waals surface area contributed by atoms with Crippen molar-refractivity contribution in [2.75, 3.05) is 13.7 Å². The van der Waals surface area contributed by atoms with E-state index in [4.69, 9.17) is 14.6 Å². The van der Waals surface area contributed by atoms with Crippen molar-refractivity contribution in [1.29, 1.82) is 0 Å². The highest BCUT2D eigenvalue weighted by Crippen LogP contribution is 2.26. The van der Waals surface area contributed by atoms with Crippen LogP contribution in [0.4, 0.5) is 0 Å². The van der Waals surface area contributed by atoms with E-state index >= 15 is 0 Å². The molecule has 1 rings (SSSR count). The molecule has 0 radical (unpaired) electrons. The fourth-order valence-electron chi connectivity index (χ4n) is 1.59. The molecule has 0 heterocycles. The maximum absolute atomic E-state index is 11.1. The number of benzene rings is 1. The largest absolute Gasteiger partial charge is 0.497 e. The van der Waals surface area contributed by atoms with Crippen molar-refractivity contribution >= 4 is 5.97 Å². The Kier molecular flexibility index (Phi) is 5.18. The Balaban J connectivity index is 2.95. The molecule has 1 aromatic rings. The first-order valence-electron chi connectivity index (χ1n) is 6.22. The van der Waals surface area contributed by atoms with E-state index in [-0.39, 0.29) is 17.9 Å². The lowest BCUT2D eigenvalue weighted by Gasteiger charge is -2.25. The quantitative estimate of drug-likeness (QED) is 0.793. The van der Waals surface area contributed by atoms with Gasteiger partial charge in [-0.05, 0) is 25.0 Å². The number of ether oxygens (including phenoxy) is 2. The molecular formula is C14H20O5. The van der Waals surface area contributed by atoms with Crippen molar-refractivity contribution in [2.45, 2.75) is 32.3 Å². The third-order valence-electron chi connectivity index (χ3n) is 3.23. The van der Waals surface area contributed by atoms with Crippen LogP contribution in [0.5, 0.6) is 11.5 Å². The van der Waals surface area contributed by atoms with Gasteiger partial charge in [0.25, 0.3) is 0 Å². The molecule has 0 atom stereocenters. The van der Waals surface area contributed by atoms with Crippen molar-refractivity contribution in [3.8, 4) is 11.5 Å². The summed E-state index contributed by atoms with van der Waals surface area (Å²) in [7, 11) is 1.49. The smallest absolute Gasteiger partial charge is 0.339 e. The van der Waals surface area contributed by atoms with E-state index < -0.39 is 11.6 Å².